The summed E-state index contributed by atoms with van der Waals surface area (Å²) in [7, 11) is 0. The first kappa shape index (κ1) is 16.1. The van der Waals surface area contributed by atoms with Gasteiger partial charge in [-0.05, 0) is 35.0 Å². The highest BCUT2D eigenvalue weighted by atomic mass is 79.9. The smallest absolute Gasteiger partial charge is 0.204 e. The average molecular weight is 412 g/mol. The van der Waals surface area contributed by atoms with Crippen LogP contribution in [-0.4, -0.2) is 25.2 Å². The fourth-order valence-electron chi connectivity index (χ4n) is 2.44. The molecule has 5 nitrogen and oxygen atoms in total. The lowest BCUT2D eigenvalue weighted by molar-refractivity contribution is 0.565. The van der Waals surface area contributed by atoms with Gasteiger partial charge in [0.25, 0.3) is 0 Å². The van der Waals surface area contributed by atoms with E-state index in [1.165, 1.54) is 5.56 Å². The lowest BCUT2D eigenvalue weighted by atomic mass is 10.2. The molecule has 0 aliphatic carbocycles. The first-order valence-electron chi connectivity index (χ1n) is 7.77. The molecular weight excluding hydrogens is 398 g/mol. The van der Waals surface area contributed by atoms with Gasteiger partial charge in [-0.3, -0.25) is 0 Å². The number of hydrogen-bond acceptors (Lipinski definition) is 5. The van der Waals surface area contributed by atoms with E-state index in [2.05, 4.69) is 53.8 Å². The number of hydrogen-bond donors (Lipinski definition) is 0. The van der Waals surface area contributed by atoms with Crippen molar-refractivity contribution in [3.63, 3.8) is 0 Å². The molecule has 4 aromatic rings. The van der Waals surface area contributed by atoms with E-state index in [1.807, 2.05) is 42.5 Å². The van der Waals surface area contributed by atoms with Crippen LogP contribution in [-0.2, 0) is 13.0 Å². The van der Waals surface area contributed by atoms with E-state index in [1.54, 1.807) is 16.1 Å². The first-order valence-corrected chi connectivity index (χ1v) is 9.44. The van der Waals surface area contributed by atoms with Crippen molar-refractivity contribution in [1.82, 2.24) is 25.2 Å². The lowest BCUT2D eigenvalue weighted by Gasteiger charge is -1.97. The van der Waals surface area contributed by atoms with Crippen molar-refractivity contribution in [2.45, 2.75) is 13.0 Å². The minimum absolute atomic E-state index is 0.523. The van der Waals surface area contributed by atoms with E-state index < -0.39 is 0 Å². The second-order valence-corrected chi connectivity index (χ2v) is 7.40. The molecule has 4 rings (SSSR count). The van der Waals surface area contributed by atoms with Gasteiger partial charge in [0.15, 0.2) is 0 Å². The second-order valence-electron chi connectivity index (χ2n) is 5.55. The van der Waals surface area contributed by atoms with E-state index in [4.69, 9.17) is 0 Å². The van der Waals surface area contributed by atoms with Gasteiger partial charge in [0.05, 0.1) is 10.7 Å². The summed E-state index contributed by atoms with van der Waals surface area (Å²) in [5.41, 5.74) is 3.16. The molecule has 0 aliphatic heterocycles. The van der Waals surface area contributed by atoms with E-state index in [-0.39, 0.29) is 0 Å². The second kappa shape index (κ2) is 7.25. The van der Waals surface area contributed by atoms with Gasteiger partial charge < -0.3 is 0 Å². The normalized spacial score (nSPS) is 10.9. The third-order valence-corrected chi connectivity index (χ3v) is 5.08. The molecule has 0 saturated carbocycles. The maximum Gasteiger partial charge on any atom is 0.204 e. The van der Waals surface area contributed by atoms with Gasteiger partial charge in [0, 0.05) is 21.8 Å². The monoisotopic (exact) mass is 411 g/mol. The molecule has 0 aliphatic rings. The van der Waals surface area contributed by atoms with Crippen molar-refractivity contribution in [3.05, 3.63) is 80.7 Å². The maximum absolute atomic E-state index is 4.68. The fourth-order valence-corrected chi connectivity index (χ4v) is 3.53. The average Bonchev–Trinajstić information content (AvgIpc) is 3.27. The van der Waals surface area contributed by atoms with Crippen molar-refractivity contribution in [3.8, 4) is 11.4 Å². The summed E-state index contributed by atoms with van der Waals surface area (Å²) < 4.78 is 1.03. The topological polar surface area (TPSA) is 56.5 Å². The molecule has 2 aromatic heterocycles. The first-order chi connectivity index (χ1) is 12.3. The Hall–Kier alpha value is -2.38. The zero-order valence-corrected chi connectivity index (χ0v) is 15.6. The maximum atomic E-state index is 4.68. The van der Waals surface area contributed by atoms with Crippen LogP contribution in [0.2, 0.25) is 0 Å². The molecule has 0 bridgehead atoms. The van der Waals surface area contributed by atoms with Crippen molar-refractivity contribution in [2.75, 3.05) is 0 Å². The van der Waals surface area contributed by atoms with E-state index in [0.29, 0.717) is 12.4 Å². The molecular formula is C18H14BrN5S. The largest absolute Gasteiger partial charge is 0.244 e. The van der Waals surface area contributed by atoms with E-state index in [0.717, 1.165) is 27.2 Å². The molecule has 124 valence electrons. The summed E-state index contributed by atoms with van der Waals surface area (Å²) in [6, 6.07) is 18.2. The summed E-state index contributed by atoms with van der Waals surface area (Å²) in [4.78, 5) is 6.26. The molecule has 2 heterocycles. The minimum atomic E-state index is 0.523. The Balaban J connectivity index is 1.45. The number of rotatable bonds is 5. The lowest BCUT2D eigenvalue weighted by Crippen LogP contribution is -2.04. The number of benzene rings is 2. The number of nitrogens with zero attached hydrogens (tertiary/aromatic N) is 5. The van der Waals surface area contributed by atoms with E-state index >= 15 is 0 Å². The number of thiazole rings is 1. The van der Waals surface area contributed by atoms with Crippen molar-refractivity contribution in [1.29, 1.82) is 0 Å². The van der Waals surface area contributed by atoms with Gasteiger partial charge >= 0.3 is 0 Å². The van der Waals surface area contributed by atoms with Crippen molar-refractivity contribution < 1.29 is 0 Å². The highest BCUT2D eigenvalue weighted by Crippen LogP contribution is 2.18. The molecule has 0 unspecified atom stereocenters. The third kappa shape index (κ3) is 4.00. The predicted molar refractivity (Wildman–Crippen MR) is 101 cm³/mol. The third-order valence-electron chi connectivity index (χ3n) is 3.66. The fraction of sp³-hybridized carbons (Fsp3) is 0.111. The van der Waals surface area contributed by atoms with Crippen LogP contribution in [0.5, 0.6) is 0 Å². The van der Waals surface area contributed by atoms with Crippen LogP contribution in [0, 0.1) is 0 Å². The summed E-state index contributed by atoms with van der Waals surface area (Å²) in [6.07, 6.45) is 0.848. The molecule has 25 heavy (non-hydrogen) atoms. The zero-order valence-electron chi connectivity index (χ0n) is 13.2. The van der Waals surface area contributed by atoms with Gasteiger partial charge in [-0.25, -0.2) is 4.98 Å². The van der Waals surface area contributed by atoms with Gasteiger partial charge in [-0.15, -0.1) is 21.5 Å². The summed E-state index contributed by atoms with van der Waals surface area (Å²) in [5.74, 6) is 0.618. The number of halogens is 1. The van der Waals surface area contributed by atoms with Crippen LogP contribution in [0.3, 0.4) is 0 Å². The quantitative estimate of drug-likeness (QED) is 0.493. The van der Waals surface area contributed by atoms with Crippen LogP contribution in [0.4, 0.5) is 0 Å². The highest BCUT2D eigenvalue weighted by Gasteiger charge is 2.09. The highest BCUT2D eigenvalue weighted by molar-refractivity contribution is 9.10. The van der Waals surface area contributed by atoms with Crippen molar-refractivity contribution in [2.24, 2.45) is 0 Å². The Labute approximate surface area is 157 Å². The van der Waals surface area contributed by atoms with Crippen LogP contribution < -0.4 is 0 Å². The van der Waals surface area contributed by atoms with Crippen molar-refractivity contribution >= 4 is 27.3 Å². The Bertz CT molecular complexity index is 963. The predicted octanol–water partition coefficient (Wildman–Crippen LogP) is 4.20. The molecule has 0 fully saturated rings. The van der Waals surface area contributed by atoms with Crippen LogP contribution >= 0.6 is 27.3 Å². The number of tetrazole rings is 1. The zero-order chi connectivity index (χ0) is 17.1. The Morgan fingerprint density at radius 2 is 1.80 bits per heavy atom. The molecule has 0 amide bonds. The molecule has 0 N–H and O–H groups in total. The van der Waals surface area contributed by atoms with Crippen LogP contribution in [0.1, 0.15) is 16.3 Å². The number of aromatic nitrogens is 5. The molecule has 0 radical (unpaired) electrons. The van der Waals surface area contributed by atoms with Gasteiger partial charge in [0.1, 0.15) is 6.54 Å². The van der Waals surface area contributed by atoms with Crippen LogP contribution in [0.25, 0.3) is 11.4 Å². The summed E-state index contributed by atoms with van der Waals surface area (Å²) in [5, 5.41) is 15.9. The SMILES string of the molecule is Brc1ccc(-c2nnn(Cc3csc(Cc4ccccc4)n3)n2)cc1. The van der Waals surface area contributed by atoms with Crippen LogP contribution in [0.15, 0.2) is 64.5 Å². The Morgan fingerprint density at radius 1 is 1.00 bits per heavy atom. The molecule has 7 heteroatoms. The van der Waals surface area contributed by atoms with E-state index in [9.17, 15) is 0 Å². The molecule has 2 aromatic carbocycles. The van der Waals surface area contributed by atoms with Gasteiger partial charge in [0.2, 0.25) is 5.82 Å². The summed E-state index contributed by atoms with van der Waals surface area (Å²) >= 11 is 5.09. The Morgan fingerprint density at radius 3 is 2.60 bits per heavy atom. The standard InChI is InChI=1S/C18H14BrN5S/c19-15-8-6-14(7-9-15)18-21-23-24(22-18)11-16-12-25-17(20-16)10-13-4-2-1-3-5-13/h1-9,12H,10-11H2. The summed E-state index contributed by atoms with van der Waals surface area (Å²) in [6.45, 7) is 0.523. The van der Waals surface area contributed by atoms with Gasteiger partial charge in [-0.1, -0.05) is 46.3 Å². The minimum Gasteiger partial charge on any atom is -0.244 e. The molecule has 0 atom stereocenters. The molecule has 0 saturated heterocycles. The molecule has 0 spiro atoms. The Kier molecular flexibility index (Phi) is 4.67. The van der Waals surface area contributed by atoms with Gasteiger partial charge in [-0.2, -0.15) is 4.80 Å².